The van der Waals surface area contributed by atoms with E-state index in [0.717, 1.165) is 17.7 Å². The second-order valence-corrected chi connectivity index (χ2v) is 7.20. The van der Waals surface area contributed by atoms with Gasteiger partial charge in [0.25, 0.3) is 0 Å². The van der Waals surface area contributed by atoms with Crippen LogP contribution in [-0.4, -0.2) is 32.8 Å². The van der Waals surface area contributed by atoms with Crippen molar-refractivity contribution in [1.82, 2.24) is 4.72 Å². The van der Waals surface area contributed by atoms with E-state index in [-0.39, 0.29) is 17.1 Å². The van der Waals surface area contributed by atoms with Gasteiger partial charge in [-0.2, -0.15) is 4.72 Å². The number of carbonyl (C=O) groups is 2. The van der Waals surface area contributed by atoms with Crippen molar-refractivity contribution >= 4 is 21.8 Å². The third-order valence-electron chi connectivity index (χ3n) is 3.52. The summed E-state index contributed by atoms with van der Waals surface area (Å²) in [5.41, 5.74) is 0.837. The van der Waals surface area contributed by atoms with Gasteiger partial charge in [0.05, 0.1) is 11.5 Å². The predicted octanol–water partition coefficient (Wildman–Crippen LogP) is 2.23. The monoisotopic (exact) mass is 379 g/mol. The van der Waals surface area contributed by atoms with Crippen molar-refractivity contribution in [2.45, 2.75) is 24.8 Å². The van der Waals surface area contributed by atoms with E-state index >= 15 is 0 Å². The second kappa shape index (κ2) is 8.20. The van der Waals surface area contributed by atoms with Gasteiger partial charge in [-0.1, -0.05) is 17.7 Å². The van der Waals surface area contributed by atoms with Crippen LogP contribution >= 0.6 is 0 Å². The third kappa shape index (κ3) is 4.74. The van der Waals surface area contributed by atoms with E-state index in [9.17, 15) is 22.4 Å². The van der Waals surface area contributed by atoms with E-state index < -0.39 is 33.6 Å². The van der Waals surface area contributed by atoms with E-state index in [1.807, 2.05) is 0 Å². The molecule has 0 fully saturated rings. The number of hydrogen-bond acceptors (Lipinski definition) is 5. The number of ketones is 1. The average molecular weight is 379 g/mol. The fraction of sp³-hybridized carbons (Fsp3) is 0.222. The Balaban J connectivity index is 2.35. The molecule has 2 aromatic carbocycles. The van der Waals surface area contributed by atoms with Crippen LogP contribution in [0.3, 0.4) is 0 Å². The van der Waals surface area contributed by atoms with Gasteiger partial charge in [0, 0.05) is 5.56 Å². The summed E-state index contributed by atoms with van der Waals surface area (Å²) in [4.78, 5) is 24.6. The predicted molar refractivity (Wildman–Crippen MR) is 92.7 cm³/mol. The van der Waals surface area contributed by atoms with Crippen LogP contribution in [0.1, 0.15) is 22.8 Å². The van der Waals surface area contributed by atoms with Gasteiger partial charge in [0.15, 0.2) is 11.8 Å². The largest absolute Gasteiger partial charge is 0.464 e. The molecule has 0 saturated heterocycles. The minimum atomic E-state index is -4.15. The smallest absolute Gasteiger partial charge is 0.332 e. The number of hydrogen-bond donors (Lipinski definition) is 1. The first kappa shape index (κ1) is 19.7. The fourth-order valence-corrected chi connectivity index (χ4v) is 3.30. The van der Waals surface area contributed by atoms with E-state index in [1.54, 1.807) is 19.1 Å². The first-order valence-electron chi connectivity index (χ1n) is 7.80. The number of benzene rings is 2. The number of aryl methyl sites for hydroxylation is 1. The molecule has 6 nitrogen and oxygen atoms in total. The minimum Gasteiger partial charge on any atom is -0.464 e. The molecular weight excluding hydrogens is 361 g/mol. The van der Waals surface area contributed by atoms with Gasteiger partial charge >= 0.3 is 5.97 Å². The molecule has 0 amide bonds. The number of nitrogens with one attached hydrogen (secondary N) is 1. The molecule has 0 heterocycles. The summed E-state index contributed by atoms with van der Waals surface area (Å²) in [7, 11) is -4.15. The number of halogens is 1. The van der Waals surface area contributed by atoms with Gasteiger partial charge < -0.3 is 4.74 Å². The Kier molecular flexibility index (Phi) is 6.23. The number of carbonyl (C=O) groups excluding carboxylic acids is 2. The van der Waals surface area contributed by atoms with Crippen LogP contribution in [0, 0.1) is 12.7 Å². The summed E-state index contributed by atoms with van der Waals surface area (Å²) in [6, 6.07) is 8.57. The Bertz CT molecular complexity index is 892. The normalized spacial score (nSPS) is 12.4. The quantitative estimate of drug-likeness (QED) is 0.453. The molecule has 0 bridgehead atoms. The van der Waals surface area contributed by atoms with Crippen molar-refractivity contribution in [3.05, 3.63) is 65.5 Å². The fourth-order valence-electron chi connectivity index (χ4n) is 2.16. The highest BCUT2D eigenvalue weighted by Gasteiger charge is 2.33. The molecule has 0 aliphatic heterocycles. The maximum absolute atomic E-state index is 13.0. The van der Waals surface area contributed by atoms with E-state index in [4.69, 9.17) is 4.74 Å². The lowest BCUT2D eigenvalue weighted by atomic mass is 10.1. The molecule has 26 heavy (non-hydrogen) atoms. The highest BCUT2D eigenvalue weighted by atomic mass is 32.2. The summed E-state index contributed by atoms with van der Waals surface area (Å²) in [6.07, 6.45) is 0. The van der Waals surface area contributed by atoms with Gasteiger partial charge in [-0.25, -0.2) is 17.6 Å². The SMILES string of the molecule is CCOC(=O)C(NS(=O)(=O)c1ccc(C)cc1)C(=O)c1ccc(F)cc1. The molecule has 2 rings (SSSR count). The molecule has 0 saturated carbocycles. The molecule has 2 aromatic rings. The Labute approximate surface area is 151 Å². The molecule has 8 heteroatoms. The van der Waals surface area contributed by atoms with Crippen molar-refractivity contribution in [2.24, 2.45) is 0 Å². The minimum absolute atomic E-state index is 0.0175. The van der Waals surface area contributed by atoms with Crippen molar-refractivity contribution in [3.8, 4) is 0 Å². The summed E-state index contributed by atoms with van der Waals surface area (Å²) >= 11 is 0. The number of sulfonamides is 1. The van der Waals surface area contributed by atoms with Crippen molar-refractivity contribution in [1.29, 1.82) is 0 Å². The van der Waals surface area contributed by atoms with Crippen molar-refractivity contribution in [2.75, 3.05) is 6.61 Å². The first-order valence-corrected chi connectivity index (χ1v) is 9.28. The summed E-state index contributed by atoms with van der Waals surface area (Å²) in [5.74, 6) is -2.42. The topological polar surface area (TPSA) is 89.5 Å². The number of Topliss-reactive ketones (excluding diaryl/α,β-unsaturated/α-hetero) is 1. The van der Waals surface area contributed by atoms with E-state index in [2.05, 4.69) is 4.72 Å². The molecule has 1 atom stereocenters. The molecule has 138 valence electrons. The lowest BCUT2D eigenvalue weighted by Crippen LogP contribution is -2.47. The third-order valence-corrected chi connectivity index (χ3v) is 4.96. The molecule has 0 aromatic heterocycles. The van der Waals surface area contributed by atoms with Crippen LogP contribution in [0.5, 0.6) is 0 Å². The zero-order valence-corrected chi connectivity index (χ0v) is 15.0. The van der Waals surface area contributed by atoms with Crippen molar-refractivity contribution < 1.29 is 27.1 Å². The molecular formula is C18H18FNO5S. The van der Waals surface area contributed by atoms with Crippen LogP contribution in [0.15, 0.2) is 53.4 Å². The number of rotatable bonds is 7. The second-order valence-electron chi connectivity index (χ2n) is 5.49. The van der Waals surface area contributed by atoms with Crippen LogP contribution in [-0.2, 0) is 19.6 Å². The van der Waals surface area contributed by atoms with Gasteiger partial charge in [0.1, 0.15) is 5.82 Å². The first-order chi connectivity index (χ1) is 12.2. The zero-order valence-electron chi connectivity index (χ0n) is 14.2. The van der Waals surface area contributed by atoms with E-state index in [0.29, 0.717) is 0 Å². The Morgan fingerprint density at radius 2 is 1.65 bits per heavy atom. The van der Waals surface area contributed by atoms with Crippen LogP contribution in [0.25, 0.3) is 0 Å². The maximum Gasteiger partial charge on any atom is 0.332 e. The van der Waals surface area contributed by atoms with Crippen LogP contribution < -0.4 is 4.72 Å². The summed E-state index contributed by atoms with van der Waals surface area (Å²) in [6.45, 7) is 3.30. The summed E-state index contributed by atoms with van der Waals surface area (Å²) < 4.78 is 45.0. The van der Waals surface area contributed by atoms with E-state index in [1.165, 1.54) is 31.2 Å². The number of esters is 1. The maximum atomic E-state index is 13.0. The highest BCUT2D eigenvalue weighted by molar-refractivity contribution is 7.89. The molecule has 0 radical (unpaired) electrons. The standard InChI is InChI=1S/C18H18FNO5S/c1-3-25-18(22)16(17(21)13-6-8-14(19)9-7-13)20-26(23,24)15-10-4-12(2)5-11-15/h4-11,16,20H,3H2,1-2H3. The van der Waals surface area contributed by atoms with Gasteiger partial charge in [-0.05, 0) is 50.2 Å². The average Bonchev–Trinajstić information content (AvgIpc) is 2.60. The lowest BCUT2D eigenvalue weighted by molar-refractivity contribution is -0.143. The van der Waals surface area contributed by atoms with Gasteiger partial charge in [0.2, 0.25) is 10.0 Å². The Morgan fingerprint density at radius 1 is 1.08 bits per heavy atom. The van der Waals surface area contributed by atoms with Gasteiger partial charge in [-0.3, -0.25) is 4.79 Å². The van der Waals surface area contributed by atoms with Gasteiger partial charge in [-0.15, -0.1) is 0 Å². The molecule has 1 N–H and O–H groups in total. The Morgan fingerprint density at radius 3 is 2.19 bits per heavy atom. The summed E-state index contributed by atoms with van der Waals surface area (Å²) in [5, 5.41) is 0. The molecule has 0 aliphatic carbocycles. The lowest BCUT2D eigenvalue weighted by Gasteiger charge is -2.16. The van der Waals surface area contributed by atoms with Crippen LogP contribution in [0.2, 0.25) is 0 Å². The molecule has 0 aliphatic rings. The zero-order chi connectivity index (χ0) is 19.3. The number of ether oxygens (including phenoxy) is 1. The molecule has 0 spiro atoms. The highest BCUT2D eigenvalue weighted by Crippen LogP contribution is 2.13. The molecule has 1 unspecified atom stereocenters. The van der Waals surface area contributed by atoms with Crippen LogP contribution in [0.4, 0.5) is 4.39 Å². The van der Waals surface area contributed by atoms with Crippen molar-refractivity contribution in [3.63, 3.8) is 0 Å². The Hall–Kier alpha value is -2.58.